The van der Waals surface area contributed by atoms with Crippen LogP contribution in [0.3, 0.4) is 0 Å². The summed E-state index contributed by atoms with van der Waals surface area (Å²) < 4.78 is 10.8. The number of nitrogens with zero attached hydrogens (tertiary/aromatic N) is 1. The number of benzene rings is 1. The van der Waals surface area contributed by atoms with Crippen LogP contribution in [0.2, 0.25) is 0 Å². The predicted octanol–water partition coefficient (Wildman–Crippen LogP) is 2.84. The summed E-state index contributed by atoms with van der Waals surface area (Å²) in [6.45, 7) is 4.40. The molecule has 0 aliphatic carbocycles. The third-order valence-corrected chi connectivity index (χ3v) is 2.85. The number of aromatic nitrogens is 1. The van der Waals surface area contributed by atoms with Crippen LogP contribution in [0.5, 0.6) is 5.75 Å². The summed E-state index contributed by atoms with van der Waals surface area (Å²) in [5.41, 5.74) is 2.06. The van der Waals surface area contributed by atoms with Crippen molar-refractivity contribution in [2.24, 2.45) is 0 Å². The Morgan fingerprint density at radius 3 is 2.89 bits per heavy atom. The summed E-state index contributed by atoms with van der Waals surface area (Å²) in [7, 11) is 1.94. The predicted molar refractivity (Wildman–Crippen MR) is 69.5 cm³/mol. The van der Waals surface area contributed by atoms with Crippen LogP contribution in [0.4, 0.5) is 0 Å². The van der Waals surface area contributed by atoms with Crippen LogP contribution in [-0.4, -0.2) is 12.2 Å². The van der Waals surface area contributed by atoms with Crippen LogP contribution in [0.25, 0.3) is 0 Å². The quantitative estimate of drug-likeness (QED) is 0.881. The number of rotatable bonds is 5. The Balaban J connectivity index is 2.01. The third kappa shape index (κ3) is 3.11. The van der Waals surface area contributed by atoms with Crippen LogP contribution in [0, 0.1) is 6.92 Å². The molecule has 1 heterocycles. The second-order valence-corrected chi connectivity index (χ2v) is 4.31. The van der Waals surface area contributed by atoms with Crippen molar-refractivity contribution in [2.45, 2.75) is 26.5 Å². The van der Waals surface area contributed by atoms with Crippen molar-refractivity contribution in [3.63, 3.8) is 0 Å². The largest absolute Gasteiger partial charge is 0.486 e. The average Bonchev–Trinajstić information content (AvgIpc) is 2.81. The fraction of sp³-hybridized carbons (Fsp3) is 0.357. The molecule has 4 nitrogen and oxygen atoms in total. The van der Waals surface area contributed by atoms with Gasteiger partial charge in [-0.2, -0.15) is 0 Å². The van der Waals surface area contributed by atoms with E-state index in [4.69, 9.17) is 9.26 Å². The van der Waals surface area contributed by atoms with E-state index in [-0.39, 0.29) is 0 Å². The molecule has 18 heavy (non-hydrogen) atoms. The van der Waals surface area contributed by atoms with Crippen LogP contribution in [-0.2, 0) is 6.61 Å². The summed E-state index contributed by atoms with van der Waals surface area (Å²) in [5.74, 6) is 1.57. The molecule has 2 rings (SSSR count). The number of aryl methyl sites for hydroxylation is 1. The monoisotopic (exact) mass is 246 g/mol. The van der Waals surface area contributed by atoms with Gasteiger partial charge >= 0.3 is 0 Å². The van der Waals surface area contributed by atoms with Gasteiger partial charge < -0.3 is 14.6 Å². The summed E-state index contributed by atoms with van der Waals surface area (Å²) in [5, 5.41) is 7.02. The van der Waals surface area contributed by atoms with Crippen molar-refractivity contribution in [1.29, 1.82) is 0 Å². The van der Waals surface area contributed by atoms with Gasteiger partial charge in [-0.3, -0.25) is 0 Å². The molecule has 0 bridgehead atoms. The van der Waals surface area contributed by atoms with Gasteiger partial charge in [0.05, 0.1) is 5.69 Å². The molecule has 0 fully saturated rings. The molecule has 0 radical (unpaired) electrons. The van der Waals surface area contributed by atoms with Crippen molar-refractivity contribution < 1.29 is 9.26 Å². The van der Waals surface area contributed by atoms with E-state index < -0.39 is 0 Å². The van der Waals surface area contributed by atoms with Gasteiger partial charge in [0.1, 0.15) is 12.4 Å². The van der Waals surface area contributed by atoms with Gasteiger partial charge in [-0.25, -0.2) is 0 Å². The smallest absolute Gasteiger partial charge is 0.174 e. The van der Waals surface area contributed by atoms with E-state index in [1.165, 1.54) is 5.56 Å². The fourth-order valence-electron chi connectivity index (χ4n) is 1.68. The topological polar surface area (TPSA) is 47.3 Å². The van der Waals surface area contributed by atoms with Crippen molar-refractivity contribution in [3.05, 3.63) is 47.3 Å². The Kier molecular flexibility index (Phi) is 3.99. The van der Waals surface area contributed by atoms with Gasteiger partial charge in [0.15, 0.2) is 5.76 Å². The molecular formula is C14H18N2O2. The maximum Gasteiger partial charge on any atom is 0.174 e. The summed E-state index contributed by atoms with van der Waals surface area (Å²) in [6, 6.07) is 10.2. The van der Waals surface area contributed by atoms with Gasteiger partial charge in [0.25, 0.3) is 0 Å². The zero-order valence-electron chi connectivity index (χ0n) is 10.9. The number of nitrogens with one attached hydrogen (secondary N) is 1. The van der Waals surface area contributed by atoms with Gasteiger partial charge in [0, 0.05) is 12.1 Å². The minimum atomic E-state index is 0.307. The number of hydrogen-bond acceptors (Lipinski definition) is 4. The Morgan fingerprint density at radius 1 is 1.39 bits per heavy atom. The molecule has 0 aliphatic rings. The molecule has 0 aliphatic heterocycles. The van der Waals surface area contributed by atoms with Crippen molar-refractivity contribution >= 4 is 0 Å². The highest BCUT2D eigenvalue weighted by molar-refractivity contribution is 5.30. The fourth-order valence-corrected chi connectivity index (χ4v) is 1.68. The Morgan fingerprint density at radius 2 is 2.22 bits per heavy atom. The molecule has 4 heteroatoms. The Bertz CT molecular complexity index is 508. The third-order valence-electron chi connectivity index (χ3n) is 2.85. The second kappa shape index (κ2) is 5.69. The van der Waals surface area contributed by atoms with Crippen LogP contribution >= 0.6 is 0 Å². The minimum Gasteiger partial charge on any atom is -0.486 e. The molecule has 0 saturated carbocycles. The maximum atomic E-state index is 5.68. The maximum absolute atomic E-state index is 5.68. The molecule has 0 spiro atoms. The van der Waals surface area contributed by atoms with E-state index in [9.17, 15) is 0 Å². The first-order valence-corrected chi connectivity index (χ1v) is 6.01. The van der Waals surface area contributed by atoms with E-state index in [1.54, 1.807) is 0 Å². The highest BCUT2D eigenvalue weighted by Crippen LogP contribution is 2.19. The highest BCUT2D eigenvalue weighted by Gasteiger charge is 2.05. The molecule has 1 N–H and O–H groups in total. The van der Waals surface area contributed by atoms with Crippen LogP contribution in [0.15, 0.2) is 34.9 Å². The SMILES string of the molecule is CNC(C)c1cccc(OCc2cc(C)no2)c1. The molecule has 0 amide bonds. The van der Waals surface area contributed by atoms with Crippen LogP contribution < -0.4 is 10.1 Å². The van der Waals surface area contributed by atoms with E-state index in [0.717, 1.165) is 17.2 Å². The standard InChI is InChI=1S/C14H18N2O2/c1-10-7-14(18-16-10)9-17-13-6-4-5-12(8-13)11(2)15-3/h4-8,11,15H,9H2,1-3H3. The molecule has 0 saturated heterocycles. The molecule has 1 atom stereocenters. The number of ether oxygens (including phenoxy) is 1. The summed E-state index contributed by atoms with van der Waals surface area (Å²) in [4.78, 5) is 0. The van der Waals surface area contributed by atoms with Crippen molar-refractivity contribution in [2.75, 3.05) is 7.05 Å². The van der Waals surface area contributed by atoms with Gasteiger partial charge in [-0.1, -0.05) is 17.3 Å². The lowest BCUT2D eigenvalue weighted by Gasteiger charge is -2.12. The molecule has 96 valence electrons. The molecule has 1 aromatic carbocycles. The number of hydrogen-bond donors (Lipinski definition) is 1. The molecule has 1 unspecified atom stereocenters. The zero-order valence-corrected chi connectivity index (χ0v) is 10.9. The Labute approximate surface area is 107 Å². The average molecular weight is 246 g/mol. The molecule has 2 aromatic rings. The van der Waals surface area contributed by atoms with Crippen molar-refractivity contribution in [3.8, 4) is 5.75 Å². The van der Waals surface area contributed by atoms with E-state index in [0.29, 0.717) is 12.6 Å². The summed E-state index contributed by atoms with van der Waals surface area (Å²) in [6.07, 6.45) is 0. The second-order valence-electron chi connectivity index (χ2n) is 4.31. The summed E-state index contributed by atoms with van der Waals surface area (Å²) >= 11 is 0. The van der Waals surface area contributed by atoms with E-state index >= 15 is 0 Å². The van der Waals surface area contributed by atoms with Gasteiger partial charge in [-0.05, 0) is 38.6 Å². The first-order chi connectivity index (χ1) is 8.69. The minimum absolute atomic E-state index is 0.307. The molecular weight excluding hydrogens is 228 g/mol. The van der Waals surface area contributed by atoms with E-state index in [2.05, 4.69) is 23.5 Å². The lowest BCUT2D eigenvalue weighted by Crippen LogP contribution is -2.12. The first-order valence-electron chi connectivity index (χ1n) is 6.01. The lowest BCUT2D eigenvalue weighted by atomic mass is 10.1. The van der Waals surface area contributed by atoms with E-state index in [1.807, 2.05) is 38.2 Å². The van der Waals surface area contributed by atoms with Crippen molar-refractivity contribution in [1.82, 2.24) is 10.5 Å². The first kappa shape index (κ1) is 12.6. The molecule has 1 aromatic heterocycles. The van der Waals surface area contributed by atoms with Gasteiger partial charge in [0.2, 0.25) is 0 Å². The van der Waals surface area contributed by atoms with Gasteiger partial charge in [-0.15, -0.1) is 0 Å². The normalized spacial score (nSPS) is 12.4. The lowest BCUT2D eigenvalue weighted by molar-refractivity contribution is 0.248. The zero-order chi connectivity index (χ0) is 13.0. The Hall–Kier alpha value is -1.81. The van der Waals surface area contributed by atoms with Crippen LogP contribution in [0.1, 0.15) is 30.0 Å². The highest BCUT2D eigenvalue weighted by atomic mass is 16.5.